The molecule has 1 aromatic carbocycles. The molecule has 0 bridgehead atoms. The number of nitrogens with zero attached hydrogens (tertiary/aromatic N) is 2. The molecule has 0 fully saturated rings. The zero-order chi connectivity index (χ0) is 13.6. The summed E-state index contributed by atoms with van der Waals surface area (Å²) in [6.45, 7) is 4.31. The summed E-state index contributed by atoms with van der Waals surface area (Å²) in [4.78, 5) is 0. The van der Waals surface area contributed by atoms with Crippen molar-refractivity contribution in [2.24, 2.45) is 0 Å². The van der Waals surface area contributed by atoms with E-state index >= 15 is 0 Å². The van der Waals surface area contributed by atoms with Crippen LogP contribution in [-0.4, -0.2) is 10.2 Å². The van der Waals surface area contributed by atoms with Crippen molar-refractivity contribution in [3.8, 4) is 6.07 Å². The van der Waals surface area contributed by atoms with Crippen LogP contribution < -0.4 is 0 Å². The predicted octanol–water partition coefficient (Wildman–Crippen LogP) is 3.23. The number of rotatable bonds is 1. The molecule has 1 N–H and O–H groups in total. The van der Waals surface area contributed by atoms with Gasteiger partial charge in [-0.05, 0) is 24.1 Å². The van der Waals surface area contributed by atoms with E-state index in [4.69, 9.17) is 5.26 Å². The predicted molar refractivity (Wildman–Crippen MR) is 69.2 cm³/mol. The maximum Gasteiger partial charge on any atom is 0.141 e. The van der Waals surface area contributed by atoms with E-state index in [0.29, 0.717) is 0 Å². The third-order valence-electron chi connectivity index (χ3n) is 3.95. The van der Waals surface area contributed by atoms with Crippen molar-refractivity contribution in [3.63, 3.8) is 0 Å². The fourth-order valence-electron chi connectivity index (χ4n) is 2.96. The van der Waals surface area contributed by atoms with E-state index < -0.39 is 5.82 Å². The fourth-order valence-corrected chi connectivity index (χ4v) is 2.96. The molecule has 1 aromatic heterocycles. The molecule has 1 aliphatic carbocycles. The first-order valence-electron chi connectivity index (χ1n) is 6.26. The summed E-state index contributed by atoms with van der Waals surface area (Å²) >= 11 is 0. The van der Waals surface area contributed by atoms with Crippen LogP contribution in [0.15, 0.2) is 24.4 Å². The van der Waals surface area contributed by atoms with E-state index in [9.17, 15) is 4.39 Å². The highest BCUT2D eigenvalue weighted by Gasteiger charge is 2.39. The van der Waals surface area contributed by atoms with E-state index in [1.165, 1.54) is 6.07 Å². The molecule has 2 aromatic rings. The van der Waals surface area contributed by atoms with Crippen molar-refractivity contribution < 1.29 is 4.39 Å². The van der Waals surface area contributed by atoms with E-state index in [-0.39, 0.29) is 16.9 Å². The Balaban J connectivity index is 2.06. The lowest BCUT2D eigenvalue weighted by Crippen LogP contribution is -2.14. The van der Waals surface area contributed by atoms with Gasteiger partial charge in [0.2, 0.25) is 0 Å². The van der Waals surface area contributed by atoms with Gasteiger partial charge in [-0.2, -0.15) is 10.4 Å². The minimum absolute atomic E-state index is 0.0148. The Morgan fingerprint density at radius 2 is 2.26 bits per heavy atom. The topological polar surface area (TPSA) is 52.5 Å². The van der Waals surface area contributed by atoms with E-state index in [2.05, 4.69) is 24.0 Å². The van der Waals surface area contributed by atoms with Crippen molar-refractivity contribution in [2.75, 3.05) is 0 Å². The molecule has 1 aliphatic rings. The van der Waals surface area contributed by atoms with Crippen LogP contribution in [-0.2, 0) is 5.41 Å². The zero-order valence-electron chi connectivity index (χ0n) is 10.9. The van der Waals surface area contributed by atoms with Crippen LogP contribution in [0.5, 0.6) is 0 Å². The van der Waals surface area contributed by atoms with Crippen molar-refractivity contribution >= 4 is 0 Å². The summed E-state index contributed by atoms with van der Waals surface area (Å²) in [5.74, 6) is -0.305. The van der Waals surface area contributed by atoms with E-state index in [0.717, 1.165) is 23.2 Å². The molecule has 0 saturated heterocycles. The first-order chi connectivity index (χ1) is 9.03. The van der Waals surface area contributed by atoms with Crippen LogP contribution in [0.25, 0.3) is 0 Å². The molecule has 0 aliphatic heterocycles. The third kappa shape index (κ3) is 1.74. The summed E-state index contributed by atoms with van der Waals surface area (Å²) in [5, 5.41) is 15.9. The third-order valence-corrected chi connectivity index (χ3v) is 3.95. The number of halogens is 1. The Bertz CT molecular complexity index is 679. The molecule has 1 atom stereocenters. The van der Waals surface area contributed by atoms with Crippen LogP contribution in [0.1, 0.15) is 48.6 Å². The summed E-state index contributed by atoms with van der Waals surface area (Å²) in [6, 6.07) is 6.71. The van der Waals surface area contributed by atoms with Gasteiger partial charge in [-0.25, -0.2) is 4.39 Å². The quantitative estimate of drug-likeness (QED) is 0.850. The number of benzene rings is 1. The Hall–Kier alpha value is -2.15. The average molecular weight is 255 g/mol. The SMILES string of the molecule is CC1(C)CC(c2ccc(C#N)c(F)c2)c2cn[nH]c21. The van der Waals surface area contributed by atoms with Crippen LogP contribution in [0.3, 0.4) is 0 Å². The molecule has 1 unspecified atom stereocenters. The first kappa shape index (κ1) is 11.9. The number of nitriles is 1. The normalized spacial score (nSPS) is 20.0. The molecular weight excluding hydrogens is 241 g/mol. The first-order valence-corrected chi connectivity index (χ1v) is 6.26. The number of fused-ring (bicyclic) bond motifs is 1. The lowest BCUT2D eigenvalue weighted by Gasteiger charge is -2.18. The van der Waals surface area contributed by atoms with Gasteiger partial charge in [-0.1, -0.05) is 19.9 Å². The van der Waals surface area contributed by atoms with Crippen LogP contribution >= 0.6 is 0 Å². The van der Waals surface area contributed by atoms with Gasteiger partial charge < -0.3 is 0 Å². The van der Waals surface area contributed by atoms with Crippen LogP contribution in [0, 0.1) is 17.1 Å². The largest absolute Gasteiger partial charge is 0.282 e. The smallest absolute Gasteiger partial charge is 0.141 e. The van der Waals surface area contributed by atoms with Gasteiger partial charge in [0.1, 0.15) is 11.9 Å². The average Bonchev–Trinajstić information content (AvgIpc) is 2.93. The molecule has 4 heteroatoms. The molecule has 3 rings (SSSR count). The lowest BCUT2D eigenvalue weighted by atomic mass is 9.86. The second-order valence-electron chi connectivity index (χ2n) is 5.69. The van der Waals surface area contributed by atoms with E-state index in [1.54, 1.807) is 6.07 Å². The second kappa shape index (κ2) is 3.92. The molecule has 0 amide bonds. The van der Waals surface area contributed by atoms with Gasteiger partial charge in [0.05, 0.1) is 11.8 Å². The number of aromatic amines is 1. The maximum atomic E-state index is 13.8. The van der Waals surface area contributed by atoms with Crippen molar-refractivity contribution in [1.29, 1.82) is 5.26 Å². The fraction of sp³-hybridized carbons (Fsp3) is 0.333. The van der Waals surface area contributed by atoms with Gasteiger partial charge in [-0.15, -0.1) is 0 Å². The lowest BCUT2D eigenvalue weighted by molar-refractivity contribution is 0.482. The minimum Gasteiger partial charge on any atom is -0.282 e. The summed E-state index contributed by atoms with van der Waals surface area (Å²) < 4.78 is 13.8. The maximum absolute atomic E-state index is 13.8. The number of hydrogen-bond acceptors (Lipinski definition) is 2. The molecule has 19 heavy (non-hydrogen) atoms. The monoisotopic (exact) mass is 255 g/mol. The van der Waals surface area contributed by atoms with Gasteiger partial charge in [0, 0.05) is 22.6 Å². The van der Waals surface area contributed by atoms with Crippen molar-refractivity contribution in [1.82, 2.24) is 10.2 Å². The van der Waals surface area contributed by atoms with Crippen LogP contribution in [0.2, 0.25) is 0 Å². The summed E-state index contributed by atoms with van der Waals surface area (Å²) in [7, 11) is 0. The number of H-pyrrole nitrogens is 1. The Morgan fingerprint density at radius 3 is 2.95 bits per heavy atom. The highest BCUT2D eigenvalue weighted by molar-refractivity contribution is 5.44. The molecule has 0 saturated carbocycles. The molecular formula is C15H14FN3. The highest BCUT2D eigenvalue weighted by Crippen LogP contribution is 2.47. The molecule has 96 valence electrons. The van der Waals surface area contributed by atoms with Crippen LogP contribution in [0.4, 0.5) is 4.39 Å². The number of aromatic nitrogens is 2. The standard InChI is InChI=1S/C15H14FN3/c1-15(2)6-11(12-8-18-19-14(12)15)9-3-4-10(7-17)13(16)5-9/h3-5,8,11H,6H2,1-2H3,(H,18,19). The Kier molecular flexibility index (Phi) is 2.46. The molecule has 3 nitrogen and oxygen atoms in total. The van der Waals surface area contributed by atoms with Gasteiger partial charge >= 0.3 is 0 Å². The number of hydrogen-bond donors (Lipinski definition) is 1. The minimum atomic E-state index is -0.449. The van der Waals surface area contributed by atoms with E-state index in [1.807, 2.05) is 18.3 Å². The molecule has 0 spiro atoms. The van der Waals surface area contributed by atoms with Gasteiger partial charge in [0.25, 0.3) is 0 Å². The van der Waals surface area contributed by atoms with Gasteiger partial charge in [0.15, 0.2) is 0 Å². The van der Waals surface area contributed by atoms with Crippen molar-refractivity contribution in [3.05, 3.63) is 52.6 Å². The summed E-state index contributed by atoms with van der Waals surface area (Å²) in [6.07, 6.45) is 2.74. The van der Waals surface area contributed by atoms with Gasteiger partial charge in [-0.3, -0.25) is 5.10 Å². The number of nitrogens with one attached hydrogen (secondary N) is 1. The highest BCUT2D eigenvalue weighted by atomic mass is 19.1. The Morgan fingerprint density at radius 1 is 1.47 bits per heavy atom. The Labute approximate surface area is 111 Å². The molecule has 1 heterocycles. The van der Waals surface area contributed by atoms with Crippen molar-refractivity contribution in [2.45, 2.75) is 31.6 Å². The summed E-state index contributed by atoms with van der Waals surface area (Å²) in [5.41, 5.74) is 3.27. The second-order valence-corrected chi connectivity index (χ2v) is 5.69. The molecule has 0 radical (unpaired) electrons. The zero-order valence-corrected chi connectivity index (χ0v) is 10.9.